The Labute approximate surface area is 159 Å². The number of aryl methyl sites for hydroxylation is 1. The van der Waals surface area contributed by atoms with E-state index in [1.807, 2.05) is 37.3 Å². The van der Waals surface area contributed by atoms with Gasteiger partial charge in [0.05, 0.1) is 44.1 Å². The number of hydrogen-bond donors (Lipinski definition) is 0. The van der Waals surface area contributed by atoms with Gasteiger partial charge in [-0.05, 0) is 32.9 Å². The van der Waals surface area contributed by atoms with Gasteiger partial charge >= 0.3 is 0 Å². The molecule has 2 heterocycles. The Morgan fingerprint density at radius 2 is 1.70 bits per heavy atom. The Bertz CT molecular complexity index is 789. The number of hydrogen-bond acceptors (Lipinski definition) is 5. The molecule has 1 aromatic carbocycles. The lowest BCUT2D eigenvalue weighted by Gasteiger charge is -2.28. The van der Waals surface area contributed by atoms with E-state index < -0.39 is 0 Å². The molecule has 0 saturated carbocycles. The summed E-state index contributed by atoms with van der Waals surface area (Å²) in [7, 11) is 1.96. The lowest BCUT2D eigenvalue weighted by Crippen LogP contribution is -2.36. The zero-order valence-electron chi connectivity index (χ0n) is 16.4. The van der Waals surface area contributed by atoms with Crippen molar-refractivity contribution in [3.05, 3.63) is 35.4 Å². The SMILES string of the molecule is CCOc1cc(C(=O)N2CCc3ncn(C)c3C2)cc(OCC)c1OCC. The van der Waals surface area contributed by atoms with Crippen molar-refractivity contribution in [2.24, 2.45) is 7.05 Å². The van der Waals surface area contributed by atoms with Crippen LogP contribution in [0.15, 0.2) is 18.5 Å². The number of aromatic nitrogens is 2. The van der Waals surface area contributed by atoms with Gasteiger partial charge in [0.25, 0.3) is 5.91 Å². The maximum Gasteiger partial charge on any atom is 0.254 e. The molecule has 0 aliphatic carbocycles. The van der Waals surface area contributed by atoms with Crippen LogP contribution >= 0.6 is 0 Å². The normalized spacial score (nSPS) is 13.3. The second-order valence-corrected chi connectivity index (χ2v) is 6.33. The summed E-state index contributed by atoms with van der Waals surface area (Å²) < 4.78 is 19.2. The van der Waals surface area contributed by atoms with E-state index in [4.69, 9.17) is 14.2 Å². The first-order chi connectivity index (χ1) is 13.1. The number of rotatable bonds is 7. The molecule has 2 aromatic rings. The number of nitrogens with zero attached hydrogens (tertiary/aromatic N) is 3. The van der Waals surface area contributed by atoms with Crippen molar-refractivity contribution in [3.8, 4) is 17.2 Å². The third-order valence-electron chi connectivity index (χ3n) is 4.55. The second kappa shape index (κ2) is 8.33. The Morgan fingerprint density at radius 1 is 1.07 bits per heavy atom. The maximum absolute atomic E-state index is 13.2. The van der Waals surface area contributed by atoms with Crippen LogP contribution < -0.4 is 14.2 Å². The van der Waals surface area contributed by atoms with Crippen molar-refractivity contribution in [1.82, 2.24) is 14.5 Å². The fourth-order valence-electron chi connectivity index (χ4n) is 3.28. The second-order valence-electron chi connectivity index (χ2n) is 6.33. The van der Waals surface area contributed by atoms with Crippen molar-refractivity contribution in [1.29, 1.82) is 0 Å². The number of benzene rings is 1. The molecule has 1 amide bonds. The van der Waals surface area contributed by atoms with Crippen molar-refractivity contribution in [2.45, 2.75) is 33.7 Å². The number of fused-ring (bicyclic) bond motifs is 1. The Kier molecular flexibility index (Phi) is 5.88. The van der Waals surface area contributed by atoms with E-state index in [1.165, 1.54) is 0 Å². The molecule has 3 rings (SSSR count). The summed E-state index contributed by atoms with van der Waals surface area (Å²) in [6, 6.07) is 3.50. The number of carbonyl (C=O) groups excluding carboxylic acids is 1. The van der Waals surface area contributed by atoms with E-state index in [2.05, 4.69) is 4.98 Å². The Morgan fingerprint density at radius 3 is 2.30 bits per heavy atom. The van der Waals surface area contributed by atoms with Crippen LogP contribution in [0.25, 0.3) is 0 Å². The highest BCUT2D eigenvalue weighted by Crippen LogP contribution is 2.39. The highest BCUT2D eigenvalue weighted by Gasteiger charge is 2.26. The highest BCUT2D eigenvalue weighted by molar-refractivity contribution is 5.95. The third kappa shape index (κ3) is 3.86. The molecule has 27 heavy (non-hydrogen) atoms. The van der Waals surface area contributed by atoms with E-state index in [9.17, 15) is 4.79 Å². The van der Waals surface area contributed by atoms with Gasteiger partial charge in [-0.1, -0.05) is 0 Å². The molecule has 146 valence electrons. The molecule has 0 fully saturated rings. The van der Waals surface area contributed by atoms with E-state index in [-0.39, 0.29) is 5.91 Å². The minimum absolute atomic E-state index is 0.0493. The Hall–Kier alpha value is -2.70. The summed E-state index contributed by atoms with van der Waals surface area (Å²) in [5.41, 5.74) is 2.69. The summed E-state index contributed by atoms with van der Waals surface area (Å²) in [5, 5.41) is 0. The molecule has 0 atom stereocenters. The van der Waals surface area contributed by atoms with Crippen molar-refractivity contribution in [3.63, 3.8) is 0 Å². The minimum atomic E-state index is -0.0493. The summed E-state index contributed by atoms with van der Waals surface area (Å²) in [6.07, 6.45) is 2.56. The molecule has 0 spiro atoms. The van der Waals surface area contributed by atoms with Gasteiger partial charge in [0.15, 0.2) is 11.5 Å². The van der Waals surface area contributed by atoms with E-state index in [0.717, 1.165) is 17.8 Å². The first-order valence-electron chi connectivity index (χ1n) is 9.43. The lowest BCUT2D eigenvalue weighted by atomic mass is 10.1. The summed E-state index contributed by atoms with van der Waals surface area (Å²) in [6.45, 7) is 8.34. The minimum Gasteiger partial charge on any atom is -0.490 e. The number of imidazole rings is 1. The van der Waals surface area contributed by atoms with Crippen LogP contribution in [0, 0.1) is 0 Å². The van der Waals surface area contributed by atoms with Gasteiger partial charge in [-0.3, -0.25) is 4.79 Å². The molecule has 0 saturated heterocycles. The van der Waals surface area contributed by atoms with Gasteiger partial charge < -0.3 is 23.7 Å². The first kappa shape index (κ1) is 19.1. The van der Waals surface area contributed by atoms with Gasteiger partial charge in [-0.25, -0.2) is 4.98 Å². The number of ether oxygens (including phenoxy) is 3. The van der Waals surface area contributed by atoms with Crippen LogP contribution in [0.5, 0.6) is 17.2 Å². The van der Waals surface area contributed by atoms with Crippen LogP contribution in [0.2, 0.25) is 0 Å². The largest absolute Gasteiger partial charge is 0.490 e. The van der Waals surface area contributed by atoms with Crippen LogP contribution in [0.4, 0.5) is 0 Å². The standard InChI is InChI=1S/C20H27N3O4/c1-5-25-17-10-14(11-18(26-6-2)19(17)27-7-3)20(24)23-9-8-15-16(12-23)22(4)13-21-15/h10-11,13H,5-9,12H2,1-4H3. The molecule has 1 aliphatic rings. The Balaban J connectivity index is 1.93. The predicted molar refractivity (Wildman–Crippen MR) is 102 cm³/mol. The van der Waals surface area contributed by atoms with Crippen LogP contribution in [0.1, 0.15) is 42.5 Å². The van der Waals surface area contributed by atoms with Gasteiger partial charge in [0.1, 0.15) is 0 Å². The molecule has 0 unspecified atom stereocenters. The summed E-state index contributed by atoms with van der Waals surface area (Å²) in [5.74, 6) is 1.57. The van der Waals surface area contributed by atoms with E-state index in [0.29, 0.717) is 55.7 Å². The van der Waals surface area contributed by atoms with Crippen LogP contribution in [0.3, 0.4) is 0 Å². The van der Waals surface area contributed by atoms with Gasteiger partial charge in [-0.2, -0.15) is 0 Å². The van der Waals surface area contributed by atoms with E-state index >= 15 is 0 Å². The third-order valence-corrected chi connectivity index (χ3v) is 4.55. The maximum atomic E-state index is 13.2. The average Bonchev–Trinajstić information content (AvgIpc) is 3.04. The summed E-state index contributed by atoms with van der Waals surface area (Å²) >= 11 is 0. The molecular formula is C20H27N3O4. The smallest absolute Gasteiger partial charge is 0.254 e. The van der Waals surface area contributed by atoms with Crippen molar-refractivity contribution < 1.29 is 19.0 Å². The van der Waals surface area contributed by atoms with Gasteiger partial charge in [0.2, 0.25) is 5.75 Å². The van der Waals surface area contributed by atoms with Crippen molar-refractivity contribution in [2.75, 3.05) is 26.4 Å². The molecule has 0 bridgehead atoms. The molecule has 0 N–H and O–H groups in total. The number of carbonyl (C=O) groups is 1. The van der Waals surface area contributed by atoms with Crippen LogP contribution in [-0.4, -0.2) is 46.7 Å². The molecule has 0 radical (unpaired) electrons. The molecule has 1 aliphatic heterocycles. The fourth-order valence-corrected chi connectivity index (χ4v) is 3.28. The van der Waals surface area contributed by atoms with E-state index in [1.54, 1.807) is 18.5 Å². The zero-order chi connectivity index (χ0) is 19.4. The quantitative estimate of drug-likeness (QED) is 0.747. The first-order valence-corrected chi connectivity index (χ1v) is 9.43. The predicted octanol–water partition coefficient (Wildman–Crippen LogP) is 2.81. The van der Waals surface area contributed by atoms with Crippen LogP contribution in [-0.2, 0) is 20.0 Å². The fraction of sp³-hybridized carbons (Fsp3) is 0.500. The summed E-state index contributed by atoms with van der Waals surface area (Å²) in [4.78, 5) is 19.4. The highest BCUT2D eigenvalue weighted by atomic mass is 16.5. The molecule has 7 heteroatoms. The van der Waals surface area contributed by atoms with Gasteiger partial charge in [0, 0.05) is 25.6 Å². The molecule has 7 nitrogen and oxygen atoms in total. The number of amides is 1. The average molecular weight is 373 g/mol. The lowest BCUT2D eigenvalue weighted by molar-refractivity contribution is 0.0729. The topological polar surface area (TPSA) is 65.8 Å². The molecule has 1 aromatic heterocycles. The van der Waals surface area contributed by atoms with Gasteiger partial charge in [-0.15, -0.1) is 0 Å². The zero-order valence-corrected chi connectivity index (χ0v) is 16.4. The molecular weight excluding hydrogens is 346 g/mol. The van der Waals surface area contributed by atoms with Crippen molar-refractivity contribution >= 4 is 5.91 Å². The monoisotopic (exact) mass is 373 g/mol.